The average molecular weight is 394 g/mol. The number of carbonyl (C=O) groups is 2. The van der Waals surface area contributed by atoms with Crippen molar-refractivity contribution in [1.82, 2.24) is 0 Å². The zero-order chi connectivity index (χ0) is 18.3. The predicted molar refractivity (Wildman–Crippen MR) is 84.9 cm³/mol. The van der Waals surface area contributed by atoms with Gasteiger partial charge in [0.15, 0.2) is 11.6 Å². The van der Waals surface area contributed by atoms with Crippen LogP contribution < -0.4 is 19.7 Å². The van der Waals surface area contributed by atoms with E-state index in [0.717, 1.165) is 0 Å². The number of ketones is 2. The van der Waals surface area contributed by atoms with Crippen LogP contribution in [0.3, 0.4) is 0 Å². The van der Waals surface area contributed by atoms with Crippen LogP contribution in [-0.4, -0.2) is 25.8 Å². The SMILES string of the molecule is COc1ccc(C(C)=O)c([O-])c1.COc1ccc(C(C)=O)c([O-])c1.[Cu+2]. The molecule has 0 aliphatic carbocycles. The van der Waals surface area contributed by atoms with Gasteiger partial charge in [-0.2, -0.15) is 0 Å². The number of hydrogen-bond acceptors (Lipinski definition) is 6. The summed E-state index contributed by atoms with van der Waals surface area (Å²) >= 11 is 0. The third-order valence-corrected chi connectivity index (χ3v) is 3.14. The molecule has 0 heterocycles. The Morgan fingerprint density at radius 2 is 1.08 bits per heavy atom. The number of ether oxygens (including phenoxy) is 2. The third kappa shape index (κ3) is 6.49. The molecule has 0 saturated heterocycles. The van der Waals surface area contributed by atoms with E-state index >= 15 is 0 Å². The molecule has 137 valence electrons. The molecule has 0 aliphatic heterocycles. The standard InChI is InChI=1S/2C9H10O3.Cu/c2*1-6(10)8-4-3-7(12-2)5-9(8)11;/h2*3-5,11H,1-2H3;/q;;+2/p-2. The van der Waals surface area contributed by atoms with E-state index in [0.29, 0.717) is 11.5 Å². The number of benzene rings is 2. The molecule has 25 heavy (non-hydrogen) atoms. The van der Waals surface area contributed by atoms with E-state index in [-0.39, 0.29) is 51.3 Å². The van der Waals surface area contributed by atoms with Gasteiger partial charge in [-0.25, -0.2) is 0 Å². The van der Waals surface area contributed by atoms with Crippen molar-refractivity contribution in [3.63, 3.8) is 0 Å². The van der Waals surface area contributed by atoms with Crippen molar-refractivity contribution >= 4 is 11.6 Å². The molecule has 0 bridgehead atoms. The first-order valence-electron chi connectivity index (χ1n) is 7.02. The maximum atomic E-state index is 11.1. The second-order valence-corrected chi connectivity index (χ2v) is 4.84. The van der Waals surface area contributed by atoms with Crippen LogP contribution in [0.5, 0.6) is 23.0 Å². The Hall–Kier alpha value is -2.50. The van der Waals surface area contributed by atoms with Crippen molar-refractivity contribution in [2.45, 2.75) is 13.8 Å². The van der Waals surface area contributed by atoms with Gasteiger partial charge in [-0.3, -0.25) is 9.59 Å². The second kappa shape index (κ2) is 10.4. The van der Waals surface area contributed by atoms with Crippen molar-refractivity contribution in [2.24, 2.45) is 0 Å². The van der Waals surface area contributed by atoms with Gasteiger partial charge in [0.05, 0.1) is 14.2 Å². The van der Waals surface area contributed by atoms with E-state index < -0.39 is 0 Å². The molecule has 0 atom stereocenters. The van der Waals surface area contributed by atoms with Crippen molar-refractivity contribution in [3.8, 4) is 23.0 Å². The number of methoxy groups -OCH3 is 2. The number of Topliss-reactive ketones (excluding diaryl/α,β-unsaturated/α-hetero) is 2. The van der Waals surface area contributed by atoms with Crippen molar-refractivity contribution in [2.75, 3.05) is 14.2 Å². The van der Waals surface area contributed by atoms with E-state index in [1.165, 1.54) is 52.3 Å². The zero-order valence-electron chi connectivity index (χ0n) is 14.2. The van der Waals surface area contributed by atoms with Crippen LogP contribution in [0.25, 0.3) is 0 Å². The van der Waals surface area contributed by atoms with E-state index in [4.69, 9.17) is 9.47 Å². The Bertz CT molecular complexity index is 679. The molecule has 0 fully saturated rings. The van der Waals surface area contributed by atoms with Crippen LogP contribution in [-0.2, 0) is 17.1 Å². The fraction of sp³-hybridized carbons (Fsp3) is 0.222. The first-order valence-corrected chi connectivity index (χ1v) is 7.02. The van der Waals surface area contributed by atoms with Crippen LogP contribution >= 0.6 is 0 Å². The molecule has 1 radical (unpaired) electrons. The van der Waals surface area contributed by atoms with Gasteiger partial charge in [-0.05, 0) is 50.2 Å². The summed E-state index contributed by atoms with van der Waals surface area (Å²) in [5.74, 6) is -0.0657. The molecule has 6 nitrogen and oxygen atoms in total. The van der Waals surface area contributed by atoms with Gasteiger partial charge in [-0.15, -0.1) is 0 Å². The van der Waals surface area contributed by atoms with E-state index in [2.05, 4.69) is 0 Å². The van der Waals surface area contributed by atoms with Crippen LogP contribution in [0.2, 0.25) is 0 Å². The van der Waals surface area contributed by atoms with Gasteiger partial charge in [-0.1, -0.05) is 11.5 Å². The summed E-state index contributed by atoms with van der Waals surface area (Å²) in [6, 6.07) is 8.75. The van der Waals surface area contributed by atoms with Crippen LogP contribution in [0.1, 0.15) is 34.6 Å². The summed E-state index contributed by atoms with van der Waals surface area (Å²) in [4.78, 5) is 21.7. The molecule has 0 amide bonds. The van der Waals surface area contributed by atoms with Gasteiger partial charge >= 0.3 is 17.1 Å². The minimum atomic E-state index is -0.290. The molecule has 0 spiro atoms. The Morgan fingerprint density at radius 1 is 0.760 bits per heavy atom. The molecule has 2 aromatic rings. The van der Waals surface area contributed by atoms with E-state index in [1.54, 1.807) is 12.1 Å². The summed E-state index contributed by atoms with van der Waals surface area (Å²) in [5, 5.41) is 22.3. The first-order chi connectivity index (χ1) is 11.3. The van der Waals surface area contributed by atoms with Gasteiger partial charge in [0.25, 0.3) is 0 Å². The number of hydrogen-bond donors (Lipinski definition) is 0. The van der Waals surface area contributed by atoms with Crippen molar-refractivity contribution in [1.29, 1.82) is 0 Å². The van der Waals surface area contributed by atoms with Crippen LogP contribution in [0, 0.1) is 0 Å². The van der Waals surface area contributed by atoms with Crippen LogP contribution in [0.4, 0.5) is 0 Å². The maximum absolute atomic E-state index is 11.1. The third-order valence-electron chi connectivity index (χ3n) is 3.14. The molecule has 0 unspecified atom stereocenters. The second-order valence-electron chi connectivity index (χ2n) is 4.84. The first kappa shape index (κ1) is 22.5. The maximum Gasteiger partial charge on any atom is 2.00 e. The van der Waals surface area contributed by atoms with E-state index in [9.17, 15) is 19.8 Å². The molecule has 2 aromatic carbocycles. The molecule has 2 rings (SSSR count). The Morgan fingerprint density at radius 3 is 1.28 bits per heavy atom. The molecule has 7 heteroatoms. The predicted octanol–water partition coefficient (Wildman–Crippen LogP) is 1.94. The summed E-state index contributed by atoms with van der Waals surface area (Å²) in [5.41, 5.74) is 0.409. The fourth-order valence-corrected chi connectivity index (χ4v) is 1.84. The minimum Gasteiger partial charge on any atom is -0.872 e. The van der Waals surface area contributed by atoms with Gasteiger partial charge in [0.2, 0.25) is 0 Å². The fourth-order valence-electron chi connectivity index (χ4n) is 1.84. The largest absolute Gasteiger partial charge is 2.00 e. The quantitative estimate of drug-likeness (QED) is 0.581. The number of carbonyl (C=O) groups excluding carboxylic acids is 2. The summed E-state index contributed by atoms with van der Waals surface area (Å²) in [6.45, 7) is 2.73. The topological polar surface area (TPSA) is 98.7 Å². The van der Waals surface area contributed by atoms with Gasteiger partial charge in [0, 0.05) is 11.1 Å². The molecule has 0 aromatic heterocycles. The average Bonchev–Trinajstić information content (AvgIpc) is 2.54. The van der Waals surface area contributed by atoms with E-state index in [1.807, 2.05) is 0 Å². The monoisotopic (exact) mass is 393 g/mol. The Labute approximate surface area is 156 Å². The van der Waals surface area contributed by atoms with Crippen molar-refractivity contribution in [3.05, 3.63) is 47.5 Å². The normalized spacial score (nSPS) is 9.12. The van der Waals surface area contributed by atoms with Gasteiger partial charge in [0.1, 0.15) is 11.5 Å². The zero-order valence-corrected chi connectivity index (χ0v) is 15.2. The Kier molecular flexibility index (Phi) is 9.34. The smallest absolute Gasteiger partial charge is 0.872 e. The number of rotatable bonds is 4. The summed E-state index contributed by atoms with van der Waals surface area (Å²) in [6.07, 6.45) is 0. The molecule has 0 aliphatic rings. The molecule has 0 saturated carbocycles. The molecule has 0 N–H and O–H groups in total. The van der Waals surface area contributed by atoms with Crippen molar-refractivity contribution < 1.29 is 46.3 Å². The van der Waals surface area contributed by atoms with Gasteiger partial charge < -0.3 is 19.7 Å². The summed E-state index contributed by atoms with van der Waals surface area (Å²) < 4.78 is 9.64. The Balaban J connectivity index is 0.000000443. The minimum absolute atomic E-state index is 0. The molecular weight excluding hydrogens is 376 g/mol. The molecular formula is C18H18CuO6. The summed E-state index contributed by atoms with van der Waals surface area (Å²) in [7, 11) is 2.95. The van der Waals surface area contributed by atoms with Crippen LogP contribution in [0.15, 0.2) is 36.4 Å².